The van der Waals surface area contributed by atoms with Crippen molar-refractivity contribution in [2.24, 2.45) is 0 Å². The molecule has 1 atom stereocenters. The van der Waals surface area contributed by atoms with Crippen molar-refractivity contribution in [1.29, 1.82) is 0 Å². The van der Waals surface area contributed by atoms with Crippen LogP contribution in [0, 0.1) is 0 Å². The van der Waals surface area contributed by atoms with Gasteiger partial charge in [0.25, 0.3) is 0 Å². The van der Waals surface area contributed by atoms with Gasteiger partial charge in [-0.05, 0) is 107 Å². The fourth-order valence-corrected chi connectivity index (χ4v) is 10.6. The number of hydrogen-bond donors (Lipinski definition) is 0. The van der Waals surface area contributed by atoms with E-state index in [0.29, 0.717) is 31.0 Å². The molecular weight excluding hydrogens is 822 g/mol. The van der Waals surface area contributed by atoms with Crippen LogP contribution < -0.4 is 68.9 Å². The summed E-state index contributed by atoms with van der Waals surface area (Å²) in [5.41, 5.74) is 6.18. The Kier molecular flexibility index (Phi) is 15.2. The summed E-state index contributed by atoms with van der Waals surface area (Å²) in [7, 11) is -8.64. The van der Waals surface area contributed by atoms with E-state index in [-0.39, 0.29) is 72.0 Å². The van der Waals surface area contributed by atoms with E-state index < -0.39 is 48.6 Å². The van der Waals surface area contributed by atoms with Crippen molar-refractivity contribution in [3.05, 3.63) is 130 Å². The molecule has 0 aromatic heterocycles. The molecule has 7 rings (SSSR count). The van der Waals surface area contributed by atoms with Gasteiger partial charge in [-0.1, -0.05) is 118 Å². The number of halogens is 1. The zero-order valence-corrected chi connectivity index (χ0v) is 41.4. The standard InChI is InChI=1S/C46H53ClN2O6S2.2Na/c1-45(2)40(48(28-9-11-30-56(50,51)52)38-24-20-32-14-5-7-18-36(32)42(38)45)26-22-34-16-13-17-35(44(34)47)23-27-41-46(3,4)43-37-19-8-6-15-33(37)21-25-39(43)49(41)29-10-12-31-57(53,54)55;;/h5-8,14-15,18-27,40H,9-13,16-17,28-31H2,1-4H3,(H,50,51,52)(H,53,54,55);;/q;2*+1/p-2/b26-22+,35-23+,41-27+;;/i40D;;. The number of rotatable bonds is 13. The number of benzene rings is 4. The largest absolute Gasteiger partial charge is 1.00 e. The van der Waals surface area contributed by atoms with Crippen molar-refractivity contribution in [2.45, 2.75) is 89.5 Å². The molecule has 2 aliphatic heterocycles. The van der Waals surface area contributed by atoms with Crippen LogP contribution in [-0.2, 0) is 31.1 Å². The van der Waals surface area contributed by atoms with Gasteiger partial charge in [0.05, 0.1) is 27.6 Å². The van der Waals surface area contributed by atoms with Crippen molar-refractivity contribution in [2.75, 3.05) is 34.4 Å². The summed E-state index contributed by atoms with van der Waals surface area (Å²) in [4.78, 5) is 4.30. The molecule has 4 aromatic rings. The van der Waals surface area contributed by atoms with Gasteiger partial charge >= 0.3 is 59.1 Å². The summed E-state index contributed by atoms with van der Waals surface area (Å²) in [6, 6.07) is 23.6. The van der Waals surface area contributed by atoms with Crippen LogP contribution in [-0.4, -0.2) is 56.6 Å². The first kappa shape index (κ1) is 46.6. The van der Waals surface area contributed by atoms with Gasteiger partial charge in [0, 0.05) is 57.5 Å². The summed E-state index contributed by atoms with van der Waals surface area (Å²) >= 11 is 7.27. The maximum atomic E-state index is 11.4. The fraction of sp³-hybridized carbons (Fsp3) is 0.391. The minimum absolute atomic E-state index is 0. The second kappa shape index (κ2) is 19.2. The molecule has 0 spiro atoms. The van der Waals surface area contributed by atoms with Crippen molar-refractivity contribution in [3.63, 3.8) is 0 Å². The zero-order valence-electron chi connectivity index (χ0n) is 36.1. The molecule has 0 radical (unpaired) electrons. The molecule has 1 aliphatic carbocycles. The molecule has 0 bridgehead atoms. The molecule has 0 saturated heterocycles. The SMILES string of the molecule is [2H]C1(/C=C/C2=C(Cl)C(=C/C=C3/N(CCCCS(=O)(=O)[O-])c4ccc5ccccc5c4C3(C)C)/CCC2)N(CCCCS(=O)(=O)[O-])c2ccc3ccccc3c2C1(C)C.[Na+].[Na+]. The Balaban J connectivity index is 0.00000341. The minimum Gasteiger partial charge on any atom is -0.748 e. The fourth-order valence-electron chi connectivity index (χ4n) is 9.22. The van der Waals surface area contributed by atoms with E-state index >= 15 is 0 Å². The number of anilines is 2. The number of nitrogens with zero attached hydrogens (tertiary/aromatic N) is 2. The van der Waals surface area contributed by atoms with Crippen LogP contribution in [0.25, 0.3) is 21.5 Å². The number of unbranched alkanes of at least 4 members (excludes halogenated alkanes) is 2. The Hall–Kier alpha value is -1.93. The second-order valence-electron chi connectivity index (χ2n) is 16.5. The van der Waals surface area contributed by atoms with E-state index in [4.69, 9.17) is 11.6 Å². The third-order valence-electron chi connectivity index (χ3n) is 11.9. The third-order valence-corrected chi connectivity index (χ3v) is 14.0. The first-order chi connectivity index (χ1) is 27.3. The normalized spacial score (nSPS) is 21.6. The Labute approximate surface area is 401 Å². The van der Waals surface area contributed by atoms with Crippen molar-refractivity contribution in [3.8, 4) is 0 Å². The first-order valence-corrected chi connectivity index (χ1v) is 23.3. The topological polar surface area (TPSA) is 121 Å². The minimum atomic E-state index is -4.34. The molecule has 4 aromatic carbocycles. The van der Waals surface area contributed by atoms with Crippen molar-refractivity contribution < 1.29 is 86.4 Å². The Morgan fingerprint density at radius 3 is 1.92 bits per heavy atom. The van der Waals surface area contributed by atoms with Crippen molar-refractivity contribution >= 4 is 64.8 Å². The van der Waals surface area contributed by atoms with Crippen LogP contribution in [0.2, 0.25) is 0 Å². The van der Waals surface area contributed by atoms with Crippen LogP contribution in [0.5, 0.6) is 0 Å². The first-order valence-electron chi connectivity index (χ1n) is 20.3. The summed E-state index contributed by atoms with van der Waals surface area (Å²) in [5, 5.41) is 5.11. The predicted octanol–water partition coefficient (Wildman–Crippen LogP) is 3.96. The zero-order chi connectivity index (χ0) is 41.7. The summed E-state index contributed by atoms with van der Waals surface area (Å²) in [6.45, 7) is 9.55. The van der Waals surface area contributed by atoms with Crippen LogP contribution in [0.15, 0.2) is 119 Å². The van der Waals surface area contributed by atoms with Crippen LogP contribution >= 0.6 is 11.6 Å². The van der Waals surface area contributed by atoms with Gasteiger partial charge in [0.15, 0.2) is 0 Å². The Morgan fingerprint density at radius 2 is 1.31 bits per heavy atom. The van der Waals surface area contributed by atoms with Gasteiger partial charge in [-0.2, -0.15) is 0 Å². The van der Waals surface area contributed by atoms with E-state index in [2.05, 4.69) is 93.3 Å². The molecule has 8 nitrogen and oxygen atoms in total. The summed E-state index contributed by atoms with van der Waals surface area (Å²) < 4.78 is 78.6. The average molecular weight is 874 g/mol. The van der Waals surface area contributed by atoms with Gasteiger partial charge in [0.1, 0.15) is 0 Å². The van der Waals surface area contributed by atoms with Crippen molar-refractivity contribution in [1.82, 2.24) is 0 Å². The predicted molar refractivity (Wildman–Crippen MR) is 232 cm³/mol. The van der Waals surface area contributed by atoms with Crippen LogP contribution in [0.1, 0.15) is 85.1 Å². The molecule has 0 saturated carbocycles. The van der Waals surface area contributed by atoms with E-state index in [1.54, 1.807) is 0 Å². The maximum Gasteiger partial charge on any atom is 1.00 e. The number of fused-ring (bicyclic) bond motifs is 6. The van der Waals surface area contributed by atoms with Gasteiger partial charge in [-0.15, -0.1) is 0 Å². The maximum absolute atomic E-state index is 11.4. The summed E-state index contributed by atoms with van der Waals surface area (Å²) in [5.74, 6) is -0.829. The molecule has 3 aliphatic rings. The Morgan fingerprint density at radius 1 is 0.746 bits per heavy atom. The molecule has 302 valence electrons. The van der Waals surface area contributed by atoms with Gasteiger partial charge in [-0.3, -0.25) is 0 Å². The molecule has 0 fully saturated rings. The van der Waals surface area contributed by atoms with Gasteiger partial charge < -0.3 is 18.9 Å². The molecule has 59 heavy (non-hydrogen) atoms. The van der Waals surface area contributed by atoms with Gasteiger partial charge in [-0.25, -0.2) is 16.8 Å². The smallest absolute Gasteiger partial charge is 0.748 e. The molecule has 13 heteroatoms. The van der Waals surface area contributed by atoms with Crippen LogP contribution in [0.4, 0.5) is 11.4 Å². The number of allylic oxidation sites excluding steroid dienone is 7. The number of hydrogen-bond acceptors (Lipinski definition) is 8. The van der Waals surface area contributed by atoms with Gasteiger partial charge in [0.2, 0.25) is 0 Å². The molecule has 1 unspecified atom stereocenters. The summed E-state index contributed by atoms with van der Waals surface area (Å²) in [6.07, 6.45) is 12.0. The van der Waals surface area contributed by atoms with E-state index in [1.165, 1.54) is 5.56 Å². The third kappa shape index (κ3) is 10.3. The van der Waals surface area contributed by atoms with E-state index in [9.17, 15) is 27.3 Å². The Bertz CT molecular complexity index is 2630. The monoisotopic (exact) mass is 873 g/mol. The van der Waals surface area contributed by atoms with E-state index in [0.717, 1.165) is 74.6 Å². The quantitative estimate of drug-likeness (QED) is 0.113. The molecule has 2 heterocycles. The molecule has 0 N–H and O–H groups in total. The molecule has 0 amide bonds. The molecular formula is C46H51ClN2Na2O6S2. The van der Waals surface area contributed by atoms with E-state index in [1.807, 2.05) is 41.3 Å². The second-order valence-corrected chi connectivity index (χ2v) is 19.9. The van der Waals surface area contributed by atoms with Crippen LogP contribution in [0.3, 0.4) is 0 Å². The average Bonchev–Trinajstić information content (AvgIpc) is 3.49.